The summed E-state index contributed by atoms with van der Waals surface area (Å²) in [5, 5.41) is 0. The lowest BCUT2D eigenvalue weighted by molar-refractivity contribution is 0.640. The molecule has 1 heterocycles. The van der Waals surface area contributed by atoms with E-state index in [0.717, 1.165) is 0 Å². The molecular formula is C33H39N. The van der Waals surface area contributed by atoms with Gasteiger partial charge in [-0.3, -0.25) is 0 Å². The predicted molar refractivity (Wildman–Crippen MR) is 149 cm³/mol. The summed E-state index contributed by atoms with van der Waals surface area (Å²) < 4.78 is 0. The molecule has 0 saturated heterocycles. The van der Waals surface area contributed by atoms with E-state index in [-0.39, 0.29) is 10.8 Å². The van der Waals surface area contributed by atoms with Crippen molar-refractivity contribution >= 4 is 11.3 Å². The summed E-state index contributed by atoms with van der Waals surface area (Å²) in [5.74, 6) is 0. The number of hydrogen-bond acceptors (Lipinski definition) is 1. The van der Waals surface area contributed by atoms with Crippen molar-refractivity contribution in [3.63, 3.8) is 0 Å². The predicted octanol–water partition coefficient (Wildman–Crippen LogP) is 8.90. The van der Waals surface area contributed by atoms with E-state index in [0.29, 0.717) is 0 Å². The second kappa shape index (κ2) is 8.62. The van der Waals surface area contributed by atoms with Crippen LogP contribution < -0.4 is 4.90 Å². The molecular weight excluding hydrogens is 410 g/mol. The van der Waals surface area contributed by atoms with Crippen LogP contribution in [0.15, 0.2) is 101 Å². The molecule has 0 aromatic heterocycles. The number of fused-ring (bicyclic) bond motifs is 2. The first-order valence-electron chi connectivity index (χ1n) is 12.4. The minimum atomic E-state index is 0.00174. The Bertz CT molecular complexity index is 1290. The number of para-hydroxylation sites is 1. The van der Waals surface area contributed by atoms with E-state index in [2.05, 4.69) is 140 Å². The molecule has 2 aromatic carbocycles. The first kappa shape index (κ1) is 24.1. The molecule has 176 valence electrons. The van der Waals surface area contributed by atoms with Crippen LogP contribution >= 0.6 is 0 Å². The molecule has 4 rings (SSSR count). The number of rotatable bonds is 4. The number of hydrogen-bond donors (Lipinski definition) is 0. The summed E-state index contributed by atoms with van der Waals surface area (Å²) in [5.41, 5.74) is 13.6. The molecule has 1 aliphatic heterocycles. The lowest BCUT2D eigenvalue weighted by Crippen LogP contribution is -2.22. The van der Waals surface area contributed by atoms with Crippen LogP contribution in [0.1, 0.15) is 72.1 Å². The zero-order valence-electron chi connectivity index (χ0n) is 22.4. The van der Waals surface area contributed by atoms with E-state index in [4.69, 9.17) is 0 Å². The Morgan fingerprint density at radius 3 is 2.09 bits per heavy atom. The Hall–Kier alpha value is -3.06. The highest BCUT2D eigenvalue weighted by molar-refractivity contribution is 5.81. The van der Waals surface area contributed by atoms with Gasteiger partial charge in [-0.05, 0) is 84.4 Å². The summed E-state index contributed by atoms with van der Waals surface area (Å²) in [6.07, 6.45) is 9.23. The molecule has 2 aliphatic rings. The lowest BCUT2D eigenvalue weighted by Gasteiger charge is -2.24. The molecule has 0 bridgehead atoms. The molecule has 0 spiro atoms. The molecule has 0 amide bonds. The maximum atomic E-state index is 2.34. The van der Waals surface area contributed by atoms with Gasteiger partial charge in [0.2, 0.25) is 0 Å². The van der Waals surface area contributed by atoms with E-state index >= 15 is 0 Å². The van der Waals surface area contributed by atoms with Crippen molar-refractivity contribution in [1.82, 2.24) is 0 Å². The normalized spacial score (nSPS) is 20.8. The monoisotopic (exact) mass is 449 g/mol. The Kier molecular flexibility index (Phi) is 6.10. The van der Waals surface area contributed by atoms with E-state index < -0.39 is 0 Å². The third-order valence-corrected chi connectivity index (χ3v) is 8.20. The summed E-state index contributed by atoms with van der Waals surface area (Å²) in [6.45, 7) is 18.2. The van der Waals surface area contributed by atoms with Gasteiger partial charge in [-0.1, -0.05) is 88.4 Å². The molecule has 2 aromatic rings. The van der Waals surface area contributed by atoms with Gasteiger partial charge in [0.1, 0.15) is 0 Å². The lowest BCUT2D eigenvalue weighted by atomic mass is 9.81. The summed E-state index contributed by atoms with van der Waals surface area (Å²) in [6, 6.07) is 17.6. The topological polar surface area (TPSA) is 3.24 Å². The van der Waals surface area contributed by atoms with Crippen LogP contribution in [0.25, 0.3) is 5.57 Å². The van der Waals surface area contributed by atoms with Gasteiger partial charge in [0.05, 0.1) is 0 Å². The Balaban J connectivity index is 1.61. The van der Waals surface area contributed by atoms with Gasteiger partial charge in [-0.25, -0.2) is 0 Å². The van der Waals surface area contributed by atoms with E-state index in [1.807, 2.05) is 0 Å². The average Bonchev–Trinajstić information content (AvgIpc) is 3.13. The van der Waals surface area contributed by atoms with Crippen LogP contribution in [0.2, 0.25) is 0 Å². The third-order valence-electron chi connectivity index (χ3n) is 8.20. The van der Waals surface area contributed by atoms with Crippen LogP contribution in [0, 0.1) is 0 Å². The van der Waals surface area contributed by atoms with Crippen molar-refractivity contribution < 1.29 is 0 Å². The van der Waals surface area contributed by atoms with Gasteiger partial charge in [0.15, 0.2) is 0 Å². The van der Waals surface area contributed by atoms with Crippen molar-refractivity contribution in [2.75, 3.05) is 11.9 Å². The van der Waals surface area contributed by atoms with Gasteiger partial charge in [0.25, 0.3) is 0 Å². The zero-order valence-corrected chi connectivity index (χ0v) is 22.4. The van der Waals surface area contributed by atoms with E-state index in [9.17, 15) is 0 Å². The van der Waals surface area contributed by atoms with Crippen LogP contribution in [0.5, 0.6) is 0 Å². The standard InChI is InChI=1S/C33H39N/c1-22(18-20-27-25(4)26-14-10-11-15-28(26)32(27,5)6)24(3)23(2)19-21-31-33(7,8)29-16-12-13-17-30(29)34(31)9/h10-21H,1-9H3/b20-18+,23-19+,24-22+,31-21+. The Labute approximate surface area is 206 Å². The van der Waals surface area contributed by atoms with Gasteiger partial charge in [0, 0.05) is 29.3 Å². The van der Waals surface area contributed by atoms with E-state index in [1.165, 1.54) is 55.9 Å². The highest BCUT2D eigenvalue weighted by atomic mass is 15.2. The van der Waals surface area contributed by atoms with Gasteiger partial charge < -0.3 is 4.90 Å². The Morgan fingerprint density at radius 1 is 0.824 bits per heavy atom. The molecule has 0 N–H and O–H groups in total. The fourth-order valence-corrected chi connectivity index (χ4v) is 5.72. The van der Waals surface area contributed by atoms with Crippen molar-refractivity contribution in [2.45, 2.75) is 66.2 Å². The second-order valence-corrected chi connectivity index (χ2v) is 11.0. The van der Waals surface area contributed by atoms with Crippen LogP contribution in [0.4, 0.5) is 5.69 Å². The number of allylic oxidation sites excluding steroid dienone is 10. The van der Waals surface area contributed by atoms with Crippen molar-refractivity contribution in [1.29, 1.82) is 0 Å². The third kappa shape index (κ3) is 3.82. The zero-order chi connectivity index (χ0) is 24.8. The van der Waals surface area contributed by atoms with E-state index in [1.54, 1.807) is 0 Å². The average molecular weight is 450 g/mol. The number of nitrogens with zero attached hydrogens (tertiary/aromatic N) is 1. The molecule has 34 heavy (non-hydrogen) atoms. The first-order chi connectivity index (χ1) is 16.0. The molecule has 0 atom stereocenters. The fourth-order valence-electron chi connectivity index (χ4n) is 5.72. The molecule has 1 nitrogen and oxygen atoms in total. The Morgan fingerprint density at radius 2 is 1.44 bits per heavy atom. The molecule has 0 unspecified atom stereocenters. The van der Waals surface area contributed by atoms with Gasteiger partial charge >= 0.3 is 0 Å². The van der Waals surface area contributed by atoms with Crippen LogP contribution in [-0.2, 0) is 10.8 Å². The highest BCUT2D eigenvalue weighted by Crippen LogP contribution is 2.47. The maximum absolute atomic E-state index is 2.34. The van der Waals surface area contributed by atoms with Gasteiger partial charge in [-0.15, -0.1) is 0 Å². The molecule has 0 fully saturated rings. The van der Waals surface area contributed by atoms with Crippen molar-refractivity contribution in [2.24, 2.45) is 0 Å². The summed E-state index contributed by atoms with van der Waals surface area (Å²) in [4.78, 5) is 2.33. The first-order valence-corrected chi connectivity index (χ1v) is 12.4. The second-order valence-electron chi connectivity index (χ2n) is 11.0. The summed E-state index contributed by atoms with van der Waals surface area (Å²) in [7, 11) is 2.18. The number of benzene rings is 2. The smallest absolute Gasteiger partial charge is 0.0447 e. The minimum absolute atomic E-state index is 0.00174. The maximum Gasteiger partial charge on any atom is 0.0447 e. The quantitative estimate of drug-likeness (QED) is 0.421. The molecule has 0 saturated carbocycles. The minimum Gasteiger partial charge on any atom is -0.347 e. The SMILES string of the molecule is CC1=C(/C=C/C(C)=C(C)/C(C)=C/C=C2/N(C)c3ccccc3C2(C)C)C(C)(C)c2ccccc21. The van der Waals surface area contributed by atoms with Crippen molar-refractivity contribution in [3.05, 3.63) is 118 Å². The number of anilines is 1. The highest BCUT2D eigenvalue weighted by Gasteiger charge is 2.37. The fraction of sp³-hybridized carbons (Fsp3) is 0.333. The molecule has 1 heteroatoms. The van der Waals surface area contributed by atoms with Crippen molar-refractivity contribution in [3.8, 4) is 0 Å². The largest absolute Gasteiger partial charge is 0.347 e. The molecule has 1 aliphatic carbocycles. The van der Waals surface area contributed by atoms with Gasteiger partial charge in [-0.2, -0.15) is 0 Å². The molecule has 0 radical (unpaired) electrons. The van der Waals surface area contributed by atoms with Crippen LogP contribution in [-0.4, -0.2) is 7.05 Å². The number of likely N-dealkylation sites (N-methyl/N-ethyl adjacent to an activating group) is 1. The van der Waals surface area contributed by atoms with Crippen LogP contribution in [0.3, 0.4) is 0 Å². The summed E-state index contributed by atoms with van der Waals surface area (Å²) >= 11 is 0.